The average Bonchev–Trinajstić information content (AvgIpc) is 2.38. The number of rotatable bonds is 3. The van der Waals surface area contributed by atoms with Gasteiger partial charge in [0.2, 0.25) is 0 Å². The van der Waals surface area contributed by atoms with Crippen LogP contribution in [0.25, 0.3) is 0 Å². The zero-order chi connectivity index (χ0) is 14.0. The first-order valence-electron chi connectivity index (χ1n) is 6.38. The molecular weight excluding hydrogens is 256 g/mol. The maximum Gasteiger partial charge on any atom is 0.122 e. The minimum Gasteiger partial charge on any atom is -0.496 e. The molecule has 2 heteroatoms. The van der Waals surface area contributed by atoms with Crippen molar-refractivity contribution in [1.82, 2.24) is 0 Å². The number of methoxy groups -OCH3 is 1. The number of ether oxygens (including phenoxy) is 1. The van der Waals surface area contributed by atoms with Gasteiger partial charge < -0.3 is 4.74 Å². The van der Waals surface area contributed by atoms with Crippen LogP contribution in [0.5, 0.6) is 5.75 Å². The monoisotopic (exact) mass is 274 g/mol. The first-order chi connectivity index (χ1) is 9.02. The molecule has 1 atom stereocenters. The minimum absolute atomic E-state index is 0.143. The maximum absolute atomic E-state index is 6.61. The first kappa shape index (κ1) is 14.0. The highest BCUT2D eigenvalue weighted by Gasteiger charge is 2.14. The van der Waals surface area contributed by atoms with E-state index in [9.17, 15) is 0 Å². The number of alkyl halides is 1. The lowest BCUT2D eigenvalue weighted by atomic mass is 9.97. The lowest BCUT2D eigenvalue weighted by Crippen LogP contribution is -1.98. The molecule has 0 aromatic heterocycles. The largest absolute Gasteiger partial charge is 0.496 e. The van der Waals surface area contributed by atoms with Gasteiger partial charge in [-0.25, -0.2) is 0 Å². The van der Waals surface area contributed by atoms with Crippen molar-refractivity contribution in [3.63, 3.8) is 0 Å². The van der Waals surface area contributed by atoms with E-state index in [1.54, 1.807) is 7.11 Å². The van der Waals surface area contributed by atoms with E-state index in [1.807, 2.05) is 19.1 Å². The second kappa shape index (κ2) is 5.66. The summed E-state index contributed by atoms with van der Waals surface area (Å²) in [5.74, 6) is 0.882. The summed E-state index contributed by atoms with van der Waals surface area (Å²) in [5, 5.41) is -0.143. The van der Waals surface area contributed by atoms with Gasteiger partial charge in [-0.1, -0.05) is 35.9 Å². The van der Waals surface area contributed by atoms with Gasteiger partial charge in [0, 0.05) is 0 Å². The third-order valence-corrected chi connectivity index (χ3v) is 3.91. The molecule has 0 saturated heterocycles. The molecule has 19 heavy (non-hydrogen) atoms. The van der Waals surface area contributed by atoms with E-state index in [4.69, 9.17) is 16.3 Å². The van der Waals surface area contributed by atoms with Gasteiger partial charge >= 0.3 is 0 Å². The molecule has 0 spiro atoms. The summed E-state index contributed by atoms with van der Waals surface area (Å²) in [4.78, 5) is 0. The smallest absolute Gasteiger partial charge is 0.122 e. The van der Waals surface area contributed by atoms with E-state index in [2.05, 4.69) is 38.1 Å². The molecule has 0 aliphatic rings. The predicted molar refractivity (Wildman–Crippen MR) is 81.3 cm³/mol. The molecule has 0 saturated carbocycles. The van der Waals surface area contributed by atoms with E-state index in [1.165, 1.54) is 11.1 Å². The third-order valence-electron chi connectivity index (χ3n) is 3.42. The van der Waals surface area contributed by atoms with Crippen LogP contribution in [0.4, 0.5) is 0 Å². The Bertz CT molecular complexity index is 590. The van der Waals surface area contributed by atoms with Crippen molar-refractivity contribution in [2.75, 3.05) is 7.11 Å². The van der Waals surface area contributed by atoms with Crippen LogP contribution < -0.4 is 4.74 Å². The Morgan fingerprint density at radius 3 is 2.32 bits per heavy atom. The Balaban J connectivity index is 2.40. The summed E-state index contributed by atoms with van der Waals surface area (Å²) >= 11 is 6.61. The zero-order valence-electron chi connectivity index (χ0n) is 11.8. The summed E-state index contributed by atoms with van der Waals surface area (Å²) in [6, 6.07) is 12.5. The molecule has 0 N–H and O–H groups in total. The molecule has 1 unspecified atom stereocenters. The third kappa shape index (κ3) is 2.93. The Labute approximate surface area is 120 Å². The second-order valence-corrected chi connectivity index (χ2v) is 5.39. The molecule has 0 amide bonds. The molecular formula is C17H19ClO. The number of hydrogen-bond donors (Lipinski definition) is 0. The maximum atomic E-state index is 6.61. The topological polar surface area (TPSA) is 9.23 Å². The van der Waals surface area contributed by atoms with Gasteiger partial charge in [-0.2, -0.15) is 0 Å². The summed E-state index contributed by atoms with van der Waals surface area (Å²) in [5.41, 5.74) is 5.82. The molecule has 0 aliphatic carbocycles. The zero-order valence-corrected chi connectivity index (χ0v) is 12.6. The summed E-state index contributed by atoms with van der Waals surface area (Å²) in [6.07, 6.45) is 0. The van der Waals surface area contributed by atoms with Crippen LogP contribution >= 0.6 is 11.6 Å². The van der Waals surface area contributed by atoms with Crippen LogP contribution in [0.3, 0.4) is 0 Å². The highest BCUT2D eigenvalue weighted by atomic mass is 35.5. The molecule has 0 bridgehead atoms. The fourth-order valence-corrected chi connectivity index (χ4v) is 2.66. The Kier molecular flexibility index (Phi) is 4.16. The van der Waals surface area contributed by atoms with Crippen molar-refractivity contribution >= 4 is 11.6 Å². The molecule has 2 aromatic carbocycles. The van der Waals surface area contributed by atoms with Crippen LogP contribution in [-0.2, 0) is 0 Å². The number of aryl methyl sites for hydroxylation is 3. The van der Waals surface area contributed by atoms with Gasteiger partial charge in [-0.05, 0) is 49.1 Å². The fourth-order valence-electron chi connectivity index (χ4n) is 2.28. The molecule has 1 nitrogen and oxygen atoms in total. The SMILES string of the molecule is COc1cc(C(Cl)c2ccc(C)cc2C)ccc1C. The normalized spacial score (nSPS) is 12.3. The first-order valence-corrected chi connectivity index (χ1v) is 6.82. The van der Waals surface area contributed by atoms with Crippen LogP contribution in [-0.4, -0.2) is 7.11 Å². The van der Waals surface area contributed by atoms with Crippen molar-refractivity contribution < 1.29 is 4.74 Å². The van der Waals surface area contributed by atoms with Gasteiger partial charge in [0.15, 0.2) is 0 Å². The highest BCUT2D eigenvalue weighted by Crippen LogP contribution is 2.34. The van der Waals surface area contributed by atoms with E-state index in [0.29, 0.717) is 0 Å². The van der Waals surface area contributed by atoms with Crippen LogP contribution in [0, 0.1) is 20.8 Å². The van der Waals surface area contributed by atoms with Crippen molar-refractivity contribution in [3.05, 3.63) is 64.2 Å². The predicted octanol–water partition coefficient (Wildman–Crippen LogP) is 4.95. The Hall–Kier alpha value is -1.47. The molecule has 100 valence electrons. The van der Waals surface area contributed by atoms with Crippen LogP contribution in [0.1, 0.15) is 33.2 Å². The molecule has 0 radical (unpaired) electrons. The molecule has 0 fully saturated rings. The van der Waals surface area contributed by atoms with Crippen molar-refractivity contribution in [2.45, 2.75) is 26.1 Å². The molecule has 2 aromatic rings. The van der Waals surface area contributed by atoms with E-state index in [-0.39, 0.29) is 5.38 Å². The minimum atomic E-state index is -0.143. The number of halogens is 1. The van der Waals surface area contributed by atoms with Crippen molar-refractivity contribution in [3.8, 4) is 5.75 Å². The standard InChI is InChI=1S/C17H19ClO/c1-11-5-8-15(13(3)9-11)17(18)14-7-6-12(2)16(10-14)19-4/h5-10,17H,1-4H3. The summed E-state index contributed by atoms with van der Waals surface area (Å²) in [6.45, 7) is 6.22. The van der Waals surface area contributed by atoms with Crippen LogP contribution in [0.15, 0.2) is 36.4 Å². The van der Waals surface area contributed by atoms with Crippen molar-refractivity contribution in [2.24, 2.45) is 0 Å². The van der Waals surface area contributed by atoms with Crippen LogP contribution in [0.2, 0.25) is 0 Å². The Morgan fingerprint density at radius 1 is 0.947 bits per heavy atom. The van der Waals surface area contributed by atoms with Gasteiger partial charge in [-0.15, -0.1) is 11.6 Å². The molecule has 0 heterocycles. The quantitative estimate of drug-likeness (QED) is 0.720. The van der Waals surface area contributed by atoms with E-state index >= 15 is 0 Å². The van der Waals surface area contributed by atoms with Gasteiger partial charge in [0.25, 0.3) is 0 Å². The number of hydrogen-bond acceptors (Lipinski definition) is 1. The second-order valence-electron chi connectivity index (χ2n) is 4.95. The van der Waals surface area contributed by atoms with Gasteiger partial charge in [0.05, 0.1) is 12.5 Å². The summed E-state index contributed by atoms with van der Waals surface area (Å²) in [7, 11) is 1.69. The molecule has 0 aliphatic heterocycles. The highest BCUT2D eigenvalue weighted by molar-refractivity contribution is 6.22. The van der Waals surface area contributed by atoms with Crippen molar-refractivity contribution in [1.29, 1.82) is 0 Å². The fraction of sp³-hybridized carbons (Fsp3) is 0.294. The van der Waals surface area contributed by atoms with E-state index in [0.717, 1.165) is 22.4 Å². The lowest BCUT2D eigenvalue weighted by molar-refractivity contribution is 0.411. The summed E-state index contributed by atoms with van der Waals surface area (Å²) < 4.78 is 5.36. The lowest BCUT2D eigenvalue weighted by Gasteiger charge is -2.15. The molecule has 2 rings (SSSR count). The van der Waals surface area contributed by atoms with Gasteiger partial charge in [0.1, 0.15) is 5.75 Å². The number of benzene rings is 2. The Morgan fingerprint density at radius 2 is 1.68 bits per heavy atom. The van der Waals surface area contributed by atoms with Gasteiger partial charge in [-0.3, -0.25) is 0 Å². The average molecular weight is 275 g/mol. The van der Waals surface area contributed by atoms with E-state index < -0.39 is 0 Å².